The maximum Gasteiger partial charge on any atom is 0.408 e. The summed E-state index contributed by atoms with van der Waals surface area (Å²) in [4.78, 5) is 43.5. The van der Waals surface area contributed by atoms with Crippen LogP contribution in [0, 0.1) is 13.8 Å². The van der Waals surface area contributed by atoms with Crippen LogP contribution in [0.4, 0.5) is 4.79 Å². The van der Waals surface area contributed by atoms with Crippen molar-refractivity contribution in [1.82, 2.24) is 15.5 Å². The zero-order valence-corrected chi connectivity index (χ0v) is 27.2. The number of carbonyl (C=O) groups is 3. The average Bonchev–Trinajstić information content (AvgIpc) is 2.97. The molecule has 0 spiro atoms. The highest BCUT2D eigenvalue weighted by Crippen LogP contribution is 2.28. The first-order valence-electron chi connectivity index (χ1n) is 15.7. The van der Waals surface area contributed by atoms with E-state index in [0.29, 0.717) is 13.1 Å². The number of ether oxygens (including phenoxy) is 1. The van der Waals surface area contributed by atoms with Crippen LogP contribution in [0.2, 0.25) is 0 Å². The number of carbonyl (C=O) groups excluding carboxylic acids is 3. The number of hydrogen-bond acceptors (Lipinski definition) is 4. The second-order valence-corrected chi connectivity index (χ2v) is 12.4. The van der Waals surface area contributed by atoms with E-state index in [-0.39, 0.29) is 18.2 Å². The van der Waals surface area contributed by atoms with Crippen LogP contribution in [0.25, 0.3) is 0 Å². The van der Waals surface area contributed by atoms with Crippen LogP contribution in [-0.2, 0) is 27.3 Å². The highest BCUT2D eigenvalue weighted by atomic mass is 16.6. The summed E-state index contributed by atoms with van der Waals surface area (Å²) in [5.74, 6) is -0.587. The fourth-order valence-electron chi connectivity index (χ4n) is 5.24. The largest absolute Gasteiger partial charge is 0.444 e. The lowest BCUT2D eigenvalue weighted by atomic mass is 9.95. The molecule has 2 unspecified atom stereocenters. The molecule has 3 rings (SSSR count). The molecule has 3 aromatic carbocycles. The van der Waals surface area contributed by atoms with E-state index in [2.05, 4.69) is 17.6 Å². The standard InChI is InChI=1S/C37H49N3O4/c1-7-8-9-16-23-40(35(42)32(25-29-17-12-10-13-18-29)39-36(43)44-37(4,5)6)33(31-22-21-27(2)24-28(31)3)34(41)38-26-30-19-14-11-15-20-30/h10-15,17-22,24,32-33H,7-9,16,23,25-26H2,1-6H3,(H,38,41)(H,39,43). The number of unbranched alkanes of at least 4 members (excludes halogenated alkanes) is 3. The number of benzene rings is 3. The minimum atomic E-state index is -0.936. The van der Waals surface area contributed by atoms with Gasteiger partial charge in [-0.3, -0.25) is 9.59 Å². The van der Waals surface area contributed by atoms with Crippen LogP contribution in [0.3, 0.4) is 0 Å². The molecule has 0 bridgehead atoms. The van der Waals surface area contributed by atoms with Gasteiger partial charge in [-0.05, 0) is 63.3 Å². The Hall–Kier alpha value is -4.13. The Labute approximate surface area is 263 Å². The average molecular weight is 600 g/mol. The molecule has 0 aliphatic heterocycles. The molecule has 0 aliphatic carbocycles. The summed E-state index contributed by atoms with van der Waals surface area (Å²) in [5, 5.41) is 5.94. The first-order chi connectivity index (χ1) is 21.0. The number of alkyl carbamates (subject to hydrolysis) is 1. The van der Waals surface area contributed by atoms with Gasteiger partial charge in [-0.1, -0.05) is 111 Å². The first kappa shape index (κ1) is 34.4. The highest BCUT2D eigenvalue weighted by Gasteiger charge is 2.36. The van der Waals surface area contributed by atoms with Crippen molar-refractivity contribution in [2.45, 2.75) is 97.9 Å². The molecule has 0 aromatic heterocycles. The quantitative estimate of drug-likeness (QED) is 0.192. The Kier molecular flexibility index (Phi) is 13.0. The van der Waals surface area contributed by atoms with Crippen molar-refractivity contribution < 1.29 is 19.1 Å². The number of nitrogens with one attached hydrogen (secondary N) is 2. The van der Waals surface area contributed by atoms with E-state index < -0.39 is 23.8 Å². The van der Waals surface area contributed by atoms with Crippen LogP contribution in [0.5, 0.6) is 0 Å². The van der Waals surface area contributed by atoms with Gasteiger partial charge in [-0.25, -0.2) is 4.79 Å². The smallest absolute Gasteiger partial charge is 0.408 e. The van der Waals surface area contributed by atoms with Crippen LogP contribution < -0.4 is 10.6 Å². The molecular weight excluding hydrogens is 550 g/mol. The zero-order chi connectivity index (χ0) is 32.1. The summed E-state index contributed by atoms with van der Waals surface area (Å²) < 4.78 is 5.56. The molecule has 0 saturated carbocycles. The summed E-state index contributed by atoms with van der Waals surface area (Å²) in [6, 6.07) is 23.4. The molecule has 3 aromatic rings. The third kappa shape index (κ3) is 10.9. The molecule has 7 heteroatoms. The van der Waals surface area contributed by atoms with E-state index in [9.17, 15) is 14.4 Å². The topological polar surface area (TPSA) is 87.7 Å². The Bertz CT molecular complexity index is 1350. The maximum atomic E-state index is 14.7. The van der Waals surface area contributed by atoms with E-state index >= 15 is 0 Å². The molecular formula is C37H49N3O4. The van der Waals surface area contributed by atoms with Crippen molar-refractivity contribution in [2.24, 2.45) is 0 Å². The molecule has 44 heavy (non-hydrogen) atoms. The maximum absolute atomic E-state index is 14.7. The summed E-state index contributed by atoms with van der Waals surface area (Å²) in [7, 11) is 0. The summed E-state index contributed by atoms with van der Waals surface area (Å²) in [5.41, 5.74) is 3.89. The monoisotopic (exact) mass is 599 g/mol. The van der Waals surface area contributed by atoms with E-state index in [0.717, 1.165) is 53.5 Å². The van der Waals surface area contributed by atoms with E-state index in [1.54, 1.807) is 25.7 Å². The molecule has 0 heterocycles. The summed E-state index contributed by atoms with van der Waals surface area (Å²) in [6.45, 7) is 12.2. The van der Waals surface area contributed by atoms with Gasteiger partial charge in [0.05, 0.1) is 0 Å². The van der Waals surface area contributed by atoms with Crippen molar-refractivity contribution in [3.8, 4) is 0 Å². The lowest BCUT2D eigenvalue weighted by Crippen LogP contribution is -2.54. The van der Waals surface area contributed by atoms with Crippen molar-refractivity contribution in [2.75, 3.05) is 6.54 Å². The zero-order valence-electron chi connectivity index (χ0n) is 27.2. The predicted molar refractivity (Wildman–Crippen MR) is 176 cm³/mol. The third-order valence-corrected chi connectivity index (χ3v) is 7.40. The van der Waals surface area contributed by atoms with E-state index in [1.165, 1.54) is 0 Å². The molecule has 2 N–H and O–H groups in total. The first-order valence-corrected chi connectivity index (χ1v) is 15.7. The fraction of sp³-hybridized carbons (Fsp3) is 0.432. The van der Waals surface area contributed by atoms with Gasteiger partial charge >= 0.3 is 6.09 Å². The molecule has 2 atom stereocenters. The molecule has 7 nitrogen and oxygen atoms in total. The van der Waals surface area contributed by atoms with Gasteiger partial charge < -0.3 is 20.3 Å². The normalized spacial score (nSPS) is 12.6. The lowest BCUT2D eigenvalue weighted by Gasteiger charge is -2.35. The van der Waals surface area contributed by atoms with Crippen molar-refractivity contribution in [3.05, 3.63) is 107 Å². The predicted octanol–water partition coefficient (Wildman–Crippen LogP) is 7.21. The van der Waals surface area contributed by atoms with E-state index in [1.807, 2.05) is 92.7 Å². The Morgan fingerprint density at radius 2 is 1.48 bits per heavy atom. The van der Waals surface area contributed by atoms with Crippen LogP contribution >= 0.6 is 0 Å². The number of rotatable bonds is 14. The van der Waals surface area contributed by atoms with Gasteiger partial charge in [0.15, 0.2) is 0 Å². The molecule has 3 amide bonds. The second kappa shape index (κ2) is 16.6. The van der Waals surface area contributed by atoms with Gasteiger partial charge in [0.2, 0.25) is 11.8 Å². The number of aryl methyl sites for hydroxylation is 2. The van der Waals surface area contributed by atoms with Gasteiger partial charge in [-0.2, -0.15) is 0 Å². The minimum absolute atomic E-state index is 0.260. The van der Waals surface area contributed by atoms with Crippen molar-refractivity contribution in [1.29, 1.82) is 0 Å². The number of amides is 3. The number of hydrogen-bond donors (Lipinski definition) is 2. The molecule has 0 fully saturated rings. The van der Waals surface area contributed by atoms with Crippen LogP contribution in [0.1, 0.15) is 87.2 Å². The van der Waals surface area contributed by atoms with Crippen LogP contribution in [-0.4, -0.2) is 41.0 Å². The highest BCUT2D eigenvalue weighted by molar-refractivity contribution is 5.92. The number of nitrogens with zero attached hydrogens (tertiary/aromatic N) is 1. The molecule has 0 aliphatic rings. The van der Waals surface area contributed by atoms with Gasteiger partial charge in [0.1, 0.15) is 17.7 Å². The second-order valence-electron chi connectivity index (χ2n) is 12.4. The Morgan fingerprint density at radius 3 is 2.07 bits per heavy atom. The molecule has 236 valence electrons. The van der Waals surface area contributed by atoms with Crippen molar-refractivity contribution >= 4 is 17.9 Å². The molecule has 0 radical (unpaired) electrons. The minimum Gasteiger partial charge on any atom is -0.444 e. The Balaban J connectivity index is 2.05. The van der Waals surface area contributed by atoms with Crippen LogP contribution in [0.15, 0.2) is 78.9 Å². The van der Waals surface area contributed by atoms with Gasteiger partial charge in [0.25, 0.3) is 0 Å². The van der Waals surface area contributed by atoms with Gasteiger partial charge in [-0.15, -0.1) is 0 Å². The third-order valence-electron chi connectivity index (χ3n) is 7.40. The fourth-order valence-corrected chi connectivity index (χ4v) is 5.24. The SMILES string of the molecule is CCCCCCN(C(=O)C(Cc1ccccc1)NC(=O)OC(C)(C)C)C(C(=O)NCc1ccccc1)c1ccc(C)cc1C. The summed E-state index contributed by atoms with van der Waals surface area (Å²) in [6.07, 6.45) is 3.32. The molecule has 0 saturated heterocycles. The van der Waals surface area contributed by atoms with E-state index in [4.69, 9.17) is 4.74 Å². The lowest BCUT2D eigenvalue weighted by molar-refractivity contribution is -0.142. The van der Waals surface area contributed by atoms with Crippen molar-refractivity contribution in [3.63, 3.8) is 0 Å². The van der Waals surface area contributed by atoms with Gasteiger partial charge in [0, 0.05) is 19.5 Å². The summed E-state index contributed by atoms with van der Waals surface area (Å²) >= 11 is 0. The Morgan fingerprint density at radius 1 is 0.841 bits per heavy atom.